The molecule has 0 saturated heterocycles. The van der Waals surface area contributed by atoms with Gasteiger partial charge in [-0.1, -0.05) is 19.9 Å². The lowest BCUT2D eigenvalue weighted by molar-refractivity contribution is 0.0935. The Morgan fingerprint density at radius 2 is 2.15 bits per heavy atom. The van der Waals surface area contributed by atoms with Gasteiger partial charge < -0.3 is 15.4 Å². The minimum atomic E-state index is -0.0356. The van der Waals surface area contributed by atoms with Gasteiger partial charge in [0.15, 0.2) is 0 Å². The van der Waals surface area contributed by atoms with Gasteiger partial charge in [0.05, 0.1) is 12.2 Å². The second-order valence-electron chi connectivity index (χ2n) is 5.25. The molecule has 112 valence electrons. The smallest absolute Gasteiger partial charge is 0.253 e. The van der Waals surface area contributed by atoms with Crippen molar-refractivity contribution in [3.63, 3.8) is 0 Å². The number of anilines is 1. The van der Waals surface area contributed by atoms with Crippen LogP contribution in [0.15, 0.2) is 18.2 Å². The molecular weight excluding hydrogens is 252 g/mol. The molecule has 1 unspecified atom stereocenters. The maximum Gasteiger partial charge on any atom is 0.253 e. The molecule has 2 N–H and O–H groups in total. The number of carbonyl (C=O) groups is 1. The molecule has 4 nitrogen and oxygen atoms in total. The number of ether oxygens (including phenoxy) is 1. The summed E-state index contributed by atoms with van der Waals surface area (Å²) < 4.78 is 5.07. The fourth-order valence-corrected chi connectivity index (χ4v) is 1.97. The van der Waals surface area contributed by atoms with Gasteiger partial charge in [-0.15, -0.1) is 0 Å². The van der Waals surface area contributed by atoms with E-state index in [0.717, 1.165) is 24.2 Å². The highest BCUT2D eigenvalue weighted by Gasteiger charge is 2.12. The van der Waals surface area contributed by atoms with Crippen molar-refractivity contribution in [2.24, 2.45) is 5.92 Å². The number of benzene rings is 1. The monoisotopic (exact) mass is 278 g/mol. The summed E-state index contributed by atoms with van der Waals surface area (Å²) >= 11 is 0. The Bertz CT molecular complexity index is 432. The molecule has 1 aromatic carbocycles. The lowest BCUT2D eigenvalue weighted by atomic mass is 10.1. The van der Waals surface area contributed by atoms with Crippen molar-refractivity contribution in [2.75, 3.05) is 32.1 Å². The topological polar surface area (TPSA) is 50.4 Å². The summed E-state index contributed by atoms with van der Waals surface area (Å²) in [4.78, 5) is 12.3. The molecule has 1 rings (SSSR count). The van der Waals surface area contributed by atoms with Crippen LogP contribution in [0.2, 0.25) is 0 Å². The number of hydrogen-bond acceptors (Lipinski definition) is 3. The molecule has 1 aromatic rings. The van der Waals surface area contributed by atoms with E-state index in [2.05, 4.69) is 24.5 Å². The number of amides is 1. The lowest BCUT2D eigenvalue weighted by Crippen LogP contribution is -2.30. The standard InChI is InChI=1S/C16H26N2O2/c1-5-8-17-15-9-12(2)6-7-14(15)16(19)18-10-13(3)11-20-4/h6-7,9,13,17H,5,8,10-11H2,1-4H3,(H,18,19). The van der Waals surface area contributed by atoms with Crippen molar-refractivity contribution in [1.82, 2.24) is 5.32 Å². The molecule has 20 heavy (non-hydrogen) atoms. The summed E-state index contributed by atoms with van der Waals surface area (Å²) in [6.45, 7) is 8.32. The maximum atomic E-state index is 12.3. The zero-order valence-corrected chi connectivity index (χ0v) is 13.0. The van der Waals surface area contributed by atoms with E-state index in [9.17, 15) is 4.79 Å². The molecule has 1 amide bonds. The summed E-state index contributed by atoms with van der Waals surface area (Å²) in [5.41, 5.74) is 2.75. The lowest BCUT2D eigenvalue weighted by Gasteiger charge is -2.15. The highest BCUT2D eigenvalue weighted by molar-refractivity contribution is 5.99. The summed E-state index contributed by atoms with van der Waals surface area (Å²) in [6, 6.07) is 5.86. The van der Waals surface area contributed by atoms with E-state index in [1.54, 1.807) is 7.11 Å². The molecule has 0 saturated carbocycles. The van der Waals surface area contributed by atoms with Crippen LogP contribution in [0, 0.1) is 12.8 Å². The first kappa shape index (κ1) is 16.5. The van der Waals surface area contributed by atoms with Crippen LogP contribution in [0.5, 0.6) is 0 Å². The quantitative estimate of drug-likeness (QED) is 0.769. The van der Waals surface area contributed by atoms with Gasteiger partial charge in [0.25, 0.3) is 5.91 Å². The SMILES string of the molecule is CCCNc1cc(C)ccc1C(=O)NCC(C)COC. The fourth-order valence-electron chi connectivity index (χ4n) is 1.97. The zero-order valence-electron chi connectivity index (χ0n) is 13.0. The van der Waals surface area contributed by atoms with Crippen molar-refractivity contribution in [1.29, 1.82) is 0 Å². The third kappa shape index (κ3) is 5.21. The number of carbonyl (C=O) groups excluding carboxylic acids is 1. The van der Waals surface area contributed by atoms with Crippen molar-refractivity contribution < 1.29 is 9.53 Å². The first-order valence-corrected chi connectivity index (χ1v) is 7.20. The molecule has 0 aliphatic heterocycles. The largest absolute Gasteiger partial charge is 0.384 e. The molecule has 1 atom stereocenters. The Hall–Kier alpha value is -1.55. The molecule has 0 aliphatic carbocycles. The van der Waals surface area contributed by atoms with Gasteiger partial charge in [-0.25, -0.2) is 0 Å². The molecule has 0 aromatic heterocycles. The molecule has 0 fully saturated rings. The third-order valence-corrected chi connectivity index (χ3v) is 3.05. The van der Waals surface area contributed by atoms with Crippen LogP contribution < -0.4 is 10.6 Å². The van der Waals surface area contributed by atoms with Crippen LogP contribution in [-0.4, -0.2) is 32.7 Å². The Kier molecular flexibility index (Phi) is 7.09. The normalized spacial score (nSPS) is 12.0. The van der Waals surface area contributed by atoms with Gasteiger partial charge in [-0.3, -0.25) is 4.79 Å². The van der Waals surface area contributed by atoms with Crippen molar-refractivity contribution in [3.05, 3.63) is 29.3 Å². The number of methoxy groups -OCH3 is 1. The molecule has 0 bridgehead atoms. The minimum Gasteiger partial charge on any atom is -0.384 e. The van der Waals surface area contributed by atoms with Gasteiger partial charge >= 0.3 is 0 Å². The van der Waals surface area contributed by atoms with E-state index in [0.29, 0.717) is 24.6 Å². The van der Waals surface area contributed by atoms with E-state index < -0.39 is 0 Å². The number of aryl methyl sites for hydroxylation is 1. The second kappa shape index (κ2) is 8.59. The predicted molar refractivity (Wildman–Crippen MR) is 83.3 cm³/mol. The van der Waals surface area contributed by atoms with Crippen molar-refractivity contribution >= 4 is 11.6 Å². The van der Waals surface area contributed by atoms with Gasteiger partial charge in [0.1, 0.15) is 0 Å². The fraction of sp³-hybridized carbons (Fsp3) is 0.562. The summed E-state index contributed by atoms with van der Waals surface area (Å²) in [7, 11) is 1.67. The zero-order chi connectivity index (χ0) is 15.0. The first-order valence-electron chi connectivity index (χ1n) is 7.20. The van der Waals surface area contributed by atoms with E-state index in [4.69, 9.17) is 4.74 Å². The van der Waals surface area contributed by atoms with Gasteiger partial charge in [-0.2, -0.15) is 0 Å². The molecular formula is C16H26N2O2. The molecule has 0 heterocycles. The number of hydrogen-bond donors (Lipinski definition) is 2. The highest BCUT2D eigenvalue weighted by atomic mass is 16.5. The van der Waals surface area contributed by atoms with Crippen LogP contribution in [0.25, 0.3) is 0 Å². The Labute approximate surface area is 121 Å². The Morgan fingerprint density at radius 1 is 1.40 bits per heavy atom. The van der Waals surface area contributed by atoms with Crippen molar-refractivity contribution in [2.45, 2.75) is 27.2 Å². The summed E-state index contributed by atoms with van der Waals surface area (Å²) in [5.74, 6) is 0.271. The number of nitrogens with one attached hydrogen (secondary N) is 2. The van der Waals surface area contributed by atoms with E-state index in [-0.39, 0.29) is 5.91 Å². The average Bonchev–Trinajstić information content (AvgIpc) is 2.43. The van der Waals surface area contributed by atoms with Crippen LogP contribution in [0.1, 0.15) is 36.2 Å². The van der Waals surface area contributed by atoms with Crippen LogP contribution >= 0.6 is 0 Å². The molecule has 0 radical (unpaired) electrons. The second-order valence-corrected chi connectivity index (χ2v) is 5.25. The van der Waals surface area contributed by atoms with E-state index in [1.807, 2.05) is 25.1 Å². The van der Waals surface area contributed by atoms with Crippen LogP contribution in [0.4, 0.5) is 5.69 Å². The molecule has 0 aliphatic rings. The summed E-state index contributed by atoms with van der Waals surface area (Å²) in [6.07, 6.45) is 1.03. The van der Waals surface area contributed by atoms with Gasteiger partial charge in [0.2, 0.25) is 0 Å². The minimum absolute atomic E-state index is 0.0356. The average molecular weight is 278 g/mol. The molecule has 4 heteroatoms. The van der Waals surface area contributed by atoms with Gasteiger partial charge in [-0.05, 0) is 37.0 Å². The number of rotatable bonds is 8. The summed E-state index contributed by atoms with van der Waals surface area (Å²) in [5, 5.41) is 6.27. The third-order valence-electron chi connectivity index (χ3n) is 3.05. The first-order chi connectivity index (χ1) is 9.58. The maximum absolute atomic E-state index is 12.3. The van der Waals surface area contributed by atoms with E-state index >= 15 is 0 Å². The van der Waals surface area contributed by atoms with Crippen LogP contribution in [0.3, 0.4) is 0 Å². The Balaban J connectivity index is 2.71. The Morgan fingerprint density at radius 3 is 2.80 bits per heavy atom. The predicted octanol–water partition coefficient (Wildman–Crippen LogP) is 2.83. The van der Waals surface area contributed by atoms with Crippen molar-refractivity contribution in [3.8, 4) is 0 Å². The van der Waals surface area contributed by atoms with Crippen LogP contribution in [-0.2, 0) is 4.74 Å². The van der Waals surface area contributed by atoms with E-state index in [1.165, 1.54) is 0 Å². The highest BCUT2D eigenvalue weighted by Crippen LogP contribution is 2.17. The van der Waals surface area contributed by atoms with Gasteiger partial charge in [0, 0.05) is 25.9 Å². The molecule has 0 spiro atoms.